The summed E-state index contributed by atoms with van der Waals surface area (Å²) >= 11 is 0. The van der Waals surface area contributed by atoms with E-state index in [1.165, 1.54) is 18.3 Å². The summed E-state index contributed by atoms with van der Waals surface area (Å²) in [6, 6.07) is 8.17. The molecule has 6 heteroatoms. The predicted octanol–water partition coefficient (Wildman–Crippen LogP) is 3.97. The summed E-state index contributed by atoms with van der Waals surface area (Å²) in [5.74, 6) is -2.47. The third-order valence-electron chi connectivity index (χ3n) is 4.55. The van der Waals surface area contributed by atoms with Crippen LogP contribution in [-0.4, -0.2) is 16.8 Å². The van der Waals surface area contributed by atoms with E-state index in [0.29, 0.717) is 30.0 Å². The molecule has 1 aromatic carbocycles. The number of nitrogens with two attached hydrogens (primary N) is 1. The highest BCUT2D eigenvalue weighted by molar-refractivity contribution is 5.92. The van der Waals surface area contributed by atoms with Gasteiger partial charge in [-0.05, 0) is 43.0 Å². The summed E-state index contributed by atoms with van der Waals surface area (Å²) in [4.78, 5) is 15.0. The number of benzene rings is 1. The summed E-state index contributed by atoms with van der Waals surface area (Å²) < 4.78 is 33.4. The number of pyridine rings is 1. The predicted molar refractivity (Wildman–Crippen MR) is 85.5 cm³/mol. The smallest absolute Gasteiger partial charge is 0.254 e. The van der Waals surface area contributed by atoms with Crippen LogP contribution in [0.4, 0.5) is 8.78 Å². The van der Waals surface area contributed by atoms with Crippen molar-refractivity contribution in [2.75, 3.05) is 0 Å². The molecule has 0 unspecified atom stereocenters. The summed E-state index contributed by atoms with van der Waals surface area (Å²) in [5.41, 5.74) is 5.79. The molecule has 1 aliphatic rings. The molecule has 126 valence electrons. The maximum atomic E-state index is 13.9. The molecule has 1 saturated carbocycles. The highest BCUT2D eigenvalue weighted by Gasteiger charge is 2.60. The molecular weight excluding hydrogens is 314 g/mol. The van der Waals surface area contributed by atoms with Crippen molar-refractivity contribution in [2.45, 2.75) is 38.0 Å². The molecule has 0 aliphatic heterocycles. The van der Waals surface area contributed by atoms with Crippen molar-refractivity contribution in [3.05, 3.63) is 53.2 Å². The van der Waals surface area contributed by atoms with E-state index in [-0.39, 0.29) is 5.56 Å². The van der Waals surface area contributed by atoms with Gasteiger partial charge in [0.1, 0.15) is 5.75 Å². The van der Waals surface area contributed by atoms with Crippen molar-refractivity contribution in [2.24, 2.45) is 5.73 Å². The van der Waals surface area contributed by atoms with Gasteiger partial charge in [-0.15, -0.1) is 0 Å². The van der Waals surface area contributed by atoms with Gasteiger partial charge in [-0.25, -0.2) is 13.8 Å². The summed E-state index contributed by atoms with van der Waals surface area (Å²) in [7, 11) is 0. The van der Waals surface area contributed by atoms with Crippen LogP contribution in [-0.2, 0) is 5.41 Å². The minimum absolute atomic E-state index is 0.287. The van der Waals surface area contributed by atoms with E-state index in [1.54, 1.807) is 25.1 Å². The lowest BCUT2D eigenvalue weighted by molar-refractivity contribution is -0.0200. The van der Waals surface area contributed by atoms with Crippen LogP contribution in [0.5, 0.6) is 11.6 Å². The van der Waals surface area contributed by atoms with Gasteiger partial charge in [-0.2, -0.15) is 0 Å². The number of carbonyl (C=O) groups excluding carboxylic acids is 1. The average Bonchev–Trinajstić information content (AvgIpc) is 3.31. The molecule has 0 spiro atoms. The number of aromatic nitrogens is 1. The summed E-state index contributed by atoms with van der Waals surface area (Å²) in [6.07, 6.45) is 2.32. The fraction of sp³-hybridized carbons (Fsp3) is 0.333. The standard InChI is InChI=1S/C18H18F2N2O2/c1-11-9-13(18(7-8-18)17(2,19)20)4-5-14(11)24-15-6-3-12(10-22-15)16(21)23/h3-6,9-10H,7-8H2,1-2H3,(H2,21,23). The minimum atomic E-state index is -2.74. The lowest BCUT2D eigenvalue weighted by Gasteiger charge is -2.24. The summed E-state index contributed by atoms with van der Waals surface area (Å²) in [5, 5.41) is 0. The molecule has 1 fully saturated rings. The minimum Gasteiger partial charge on any atom is -0.439 e. The number of amides is 1. The van der Waals surface area contributed by atoms with Crippen LogP contribution in [0.1, 0.15) is 41.3 Å². The van der Waals surface area contributed by atoms with Crippen LogP contribution in [0.3, 0.4) is 0 Å². The Morgan fingerprint density at radius 2 is 2.00 bits per heavy atom. The second kappa shape index (κ2) is 5.54. The van der Waals surface area contributed by atoms with E-state index in [9.17, 15) is 13.6 Å². The highest BCUT2D eigenvalue weighted by atomic mass is 19.3. The number of primary amides is 1. The summed E-state index contributed by atoms with van der Waals surface area (Å²) in [6.45, 7) is 2.78. The number of rotatable bonds is 5. The van der Waals surface area contributed by atoms with E-state index in [2.05, 4.69) is 4.98 Å². The van der Waals surface area contributed by atoms with Gasteiger partial charge >= 0.3 is 0 Å². The monoisotopic (exact) mass is 332 g/mol. The first kappa shape index (κ1) is 16.4. The Kier molecular flexibility index (Phi) is 3.78. The molecule has 1 aromatic heterocycles. The molecule has 2 aromatic rings. The van der Waals surface area contributed by atoms with Crippen molar-refractivity contribution in [1.82, 2.24) is 4.98 Å². The van der Waals surface area contributed by atoms with Gasteiger partial charge in [-0.3, -0.25) is 4.79 Å². The molecule has 1 amide bonds. The van der Waals surface area contributed by atoms with Crippen molar-refractivity contribution < 1.29 is 18.3 Å². The third kappa shape index (κ3) is 2.84. The molecule has 3 rings (SSSR count). The number of carbonyl (C=O) groups is 1. The van der Waals surface area contributed by atoms with Crippen molar-refractivity contribution in [3.8, 4) is 11.6 Å². The number of ether oxygens (including phenoxy) is 1. The van der Waals surface area contributed by atoms with Gasteiger partial charge < -0.3 is 10.5 Å². The molecule has 0 saturated heterocycles. The Balaban J connectivity index is 1.82. The second-order valence-corrected chi connectivity index (χ2v) is 6.30. The zero-order valence-corrected chi connectivity index (χ0v) is 13.5. The van der Waals surface area contributed by atoms with Crippen LogP contribution in [0.25, 0.3) is 0 Å². The maximum absolute atomic E-state index is 13.9. The Bertz CT molecular complexity index is 779. The first-order chi connectivity index (χ1) is 11.2. The zero-order valence-electron chi connectivity index (χ0n) is 13.5. The van der Waals surface area contributed by atoms with E-state index < -0.39 is 17.2 Å². The molecule has 24 heavy (non-hydrogen) atoms. The van der Waals surface area contributed by atoms with Gasteiger partial charge in [-0.1, -0.05) is 12.1 Å². The Labute approximate surface area is 138 Å². The molecule has 0 radical (unpaired) electrons. The quantitative estimate of drug-likeness (QED) is 0.901. The van der Waals surface area contributed by atoms with Crippen LogP contribution in [0.2, 0.25) is 0 Å². The number of nitrogens with zero attached hydrogens (tertiary/aromatic N) is 1. The van der Waals surface area contributed by atoms with E-state index in [4.69, 9.17) is 10.5 Å². The average molecular weight is 332 g/mol. The van der Waals surface area contributed by atoms with Crippen LogP contribution >= 0.6 is 0 Å². The normalized spacial score (nSPS) is 15.8. The highest BCUT2D eigenvalue weighted by Crippen LogP contribution is 2.58. The second-order valence-electron chi connectivity index (χ2n) is 6.30. The van der Waals surface area contributed by atoms with Crippen molar-refractivity contribution >= 4 is 5.91 Å². The molecule has 2 N–H and O–H groups in total. The Hall–Kier alpha value is -2.50. The Morgan fingerprint density at radius 1 is 1.29 bits per heavy atom. The van der Waals surface area contributed by atoms with E-state index >= 15 is 0 Å². The molecular formula is C18H18F2N2O2. The number of hydrogen-bond donors (Lipinski definition) is 1. The topological polar surface area (TPSA) is 65.2 Å². The number of alkyl halides is 2. The van der Waals surface area contributed by atoms with Crippen LogP contribution in [0, 0.1) is 6.92 Å². The maximum Gasteiger partial charge on any atom is 0.254 e. The van der Waals surface area contributed by atoms with Gasteiger partial charge in [0.15, 0.2) is 0 Å². The first-order valence-corrected chi connectivity index (χ1v) is 7.66. The van der Waals surface area contributed by atoms with E-state index in [1.807, 2.05) is 0 Å². The molecule has 4 nitrogen and oxygen atoms in total. The number of hydrogen-bond acceptors (Lipinski definition) is 3. The lowest BCUT2D eigenvalue weighted by atomic mass is 9.89. The SMILES string of the molecule is Cc1cc(C2(C(C)(F)F)CC2)ccc1Oc1ccc(C(N)=O)cn1. The van der Waals surface area contributed by atoms with Gasteiger partial charge in [0.05, 0.1) is 11.0 Å². The Morgan fingerprint density at radius 3 is 2.46 bits per heavy atom. The van der Waals surface area contributed by atoms with Crippen molar-refractivity contribution in [1.29, 1.82) is 0 Å². The fourth-order valence-corrected chi connectivity index (χ4v) is 2.87. The first-order valence-electron chi connectivity index (χ1n) is 7.66. The lowest BCUT2D eigenvalue weighted by Crippen LogP contribution is -2.30. The molecule has 0 bridgehead atoms. The van der Waals surface area contributed by atoms with Crippen LogP contribution in [0.15, 0.2) is 36.5 Å². The zero-order chi connectivity index (χ0) is 17.5. The molecule has 1 heterocycles. The third-order valence-corrected chi connectivity index (χ3v) is 4.55. The van der Waals surface area contributed by atoms with Gasteiger partial charge in [0, 0.05) is 19.2 Å². The number of halogens is 2. The van der Waals surface area contributed by atoms with Gasteiger partial charge in [0.25, 0.3) is 5.92 Å². The molecule has 0 atom stereocenters. The largest absolute Gasteiger partial charge is 0.439 e. The molecule has 1 aliphatic carbocycles. The fourth-order valence-electron chi connectivity index (χ4n) is 2.87. The number of aryl methyl sites for hydroxylation is 1. The van der Waals surface area contributed by atoms with E-state index in [0.717, 1.165) is 12.5 Å². The van der Waals surface area contributed by atoms with Crippen molar-refractivity contribution in [3.63, 3.8) is 0 Å². The van der Waals surface area contributed by atoms with Gasteiger partial charge in [0.2, 0.25) is 11.8 Å². The van der Waals surface area contributed by atoms with Crippen LogP contribution < -0.4 is 10.5 Å².